The van der Waals surface area contributed by atoms with Crippen LogP contribution in [-0.2, 0) is 24.3 Å². The number of hydrogen-bond donors (Lipinski definition) is 1. The van der Waals surface area contributed by atoms with Gasteiger partial charge in [-0.2, -0.15) is 0 Å². The molecule has 1 aromatic heterocycles. The van der Waals surface area contributed by atoms with Crippen molar-refractivity contribution in [3.05, 3.63) is 60.4 Å². The first kappa shape index (κ1) is 26.6. The highest BCUT2D eigenvalue weighted by Crippen LogP contribution is 2.34. The number of ether oxygens (including phenoxy) is 2. The van der Waals surface area contributed by atoms with Gasteiger partial charge in [0, 0.05) is 24.0 Å². The Hall–Kier alpha value is -2.96. The molecule has 0 saturated carbocycles. The summed E-state index contributed by atoms with van der Waals surface area (Å²) in [5, 5.41) is 4.14. The monoisotopic (exact) mass is 536 g/mol. The largest absolute Gasteiger partial charge is 0.465 e. The number of aromatic nitrogens is 1. The van der Waals surface area contributed by atoms with E-state index in [1.54, 1.807) is 12.1 Å². The number of nitrogens with one attached hydrogen (secondary N) is 1. The van der Waals surface area contributed by atoms with E-state index in [4.69, 9.17) is 14.0 Å². The molecule has 0 unspecified atom stereocenters. The van der Waals surface area contributed by atoms with E-state index in [0.29, 0.717) is 35.1 Å². The zero-order chi connectivity index (χ0) is 25.3. The molecule has 0 saturated heterocycles. The first-order chi connectivity index (χ1) is 16.8. The number of amides is 1. The molecule has 35 heavy (non-hydrogen) atoms. The molecule has 1 amide bonds. The van der Waals surface area contributed by atoms with Crippen LogP contribution in [0.2, 0.25) is 0 Å². The van der Waals surface area contributed by atoms with Crippen molar-refractivity contribution in [1.29, 1.82) is 0 Å². The van der Waals surface area contributed by atoms with Gasteiger partial charge >= 0.3 is 12.1 Å². The second-order valence-electron chi connectivity index (χ2n) is 7.08. The zero-order valence-electron chi connectivity index (χ0n) is 19.1. The number of rotatable bonds is 11. The standard InChI is InChI=1S/C23H24N2O7S3/c1-16-21(18-6-4-3-5-7-18)22(24-32-16)19-8-10-20(11-9-19)35(28,29)25-23(27)31-13-15-34-33-14-12-30-17(2)26/h3-11H,12-15H2,1-2H3,(H,25,27). The van der Waals surface area contributed by atoms with Crippen LogP contribution in [-0.4, -0.2) is 50.4 Å². The van der Waals surface area contributed by atoms with Crippen LogP contribution in [0.15, 0.2) is 64.0 Å². The number of carbonyl (C=O) groups excluding carboxylic acids is 2. The van der Waals surface area contributed by atoms with Gasteiger partial charge in [-0.1, -0.05) is 69.2 Å². The average molecular weight is 537 g/mol. The van der Waals surface area contributed by atoms with E-state index in [-0.39, 0.29) is 17.5 Å². The summed E-state index contributed by atoms with van der Waals surface area (Å²) in [6.45, 7) is 3.48. The predicted molar refractivity (Wildman–Crippen MR) is 135 cm³/mol. The summed E-state index contributed by atoms with van der Waals surface area (Å²) in [7, 11) is -1.23. The number of nitrogens with zero attached hydrogens (tertiary/aromatic N) is 1. The molecular formula is C23H24N2O7S3. The number of sulfonamides is 1. The molecule has 0 radical (unpaired) electrons. The minimum Gasteiger partial charge on any atom is -0.465 e. The third-order valence-electron chi connectivity index (χ3n) is 4.54. The normalized spacial score (nSPS) is 11.1. The Balaban J connectivity index is 1.54. The van der Waals surface area contributed by atoms with Gasteiger partial charge in [0.2, 0.25) is 0 Å². The number of hydrogen-bond acceptors (Lipinski definition) is 10. The van der Waals surface area contributed by atoms with E-state index in [1.807, 2.05) is 42.0 Å². The van der Waals surface area contributed by atoms with E-state index in [2.05, 4.69) is 5.16 Å². The van der Waals surface area contributed by atoms with Crippen LogP contribution in [0, 0.1) is 6.92 Å². The SMILES string of the molecule is CC(=O)OCCSSCCOC(=O)NS(=O)(=O)c1ccc(-c2noc(C)c2-c2ccccc2)cc1. The fourth-order valence-corrected chi connectivity index (χ4v) is 5.55. The molecule has 9 nitrogen and oxygen atoms in total. The summed E-state index contributed by atoms with van der Waals surface area (Å²) in [6, 6.07) is 15.6. The lowest BCUT2D eigenvalue weighted by atomic mass is 10.00. The summed E-state index contributed by atoms with van der Waals surface area (Å²) in [5.41, 5.74) is 3.02. The molecule has 186 valence electrons. The molecule has 0 bridgehead atoms. The van der Waals surface area contributed by atoms with Crippen LogP contribution in [0.5, 0.6) is 0 Å². The van der Waals surface area contributed by atoms with Crippen molar-refractivity contribution >= 4 is 43.7 Å². The molecule has 0 atom stereocenters. The van der Waals surface area contributed by atoms with Gasteiger partial charge in [-0.05, 0) is 24.6 Å². The Morgan fingerprint density at radius 2 is 1.57 bits per heavy atom. The zero-order valence-corrected chi connectivity index (χ0v) is 21.5. The van der Waals surface area contributed by atoms with Crippen molar-refractivity contribution in [2.45, 2.75) is 18.7 Å². The summed E-state index contributed by atoms with van der Waals surface area (Å²) in [6.07, 6.45) is -1.06. The second kappa shape index (κ2) is 12.7. The van der Waals surface area contributed by atoms with Crippen molar-refractivity contribution < 1.29 is 32.0 Å². The minimum atomic E-state index is -4.11. The molecular weight excluding hydrogens is 512 g/mol. The summed E-state index contributed by atoms with van der Waals surface area (Å²) in [5.74, 6) is 1.36. The Morgan fingerprint density at radius 3 is 2.20 bits per heavy atom. The van der Waals surface area contributed by atoms with E-state index >= 15 is 0 Å². The third kappa shape index (κ3) is 7.77. The maximum Gasteiger partial charge on any atom is 0.421 e. The molecule has 0 aliphatic rings. The van der Waals surface area contributed by atoms with Crippen molar-refractivity contribution in [2.75, 3.05) is 24.7 Å². The number of benzene rings is 2. The van der Waals surface area contributed by atoms with E-state index in [9.17, 15) is 18.0 Å². The lowest BCUT2D eigenvalue weighted by Gasteiger charge is -2.09. The van der Waals surface area contributed by atoms with Gasteiger partial charge in [0.15, 0.2) is 0 Å². The van der Waals surface area contributed by atoms with Crippen molar-refractivity contribution in [3.8, 4) is 22.4 Å². The van der Waals surface area contributed by atoms with Gasteiger partial charge in [0.25, 0.3) is 10.0 Å². The number of aryl methyl sites for hydroxylation is 1. The molecule has 3 rings (SSSR count). The van der Waals surface area contributed by atoms with E-state index in [0.717, 1.165) is 11.1 Å². The van der Waals surface area contributed by atoms with Gasteiger partial charge in [-0.15, -0.1) is 0 Å². The van der Waals surface area contributed by atoms with Crippen molar-refractivity contribution in [1.82, 2.24) is 9.88 Å². The number of carbonyl (C=O) groups is 2. The Morgan fingerprint density at radius 1 is 0.943 bits per heavy atom. The molecule has 2 aromatic carbocycles. The van der Waals surface area contributed by atoms with Gasteiger partial charge in [0.05, 0.1) is 10.5 Å². The third-order valence-corrected chi connectivity index (χ3v) is 8.20. The maximum absolute atomic E-state index is 12.5. The molecule has 3 aromatic rings. The molecule has 12 heteroatoms. The quantitative estimate of drug-likeness (QED) is 0.210. The molecule has 1 N–H and O–H groups in total. The highest BCUT2D eigenvalue weighted by atomic mass is 33.1. The number of esters is 1. The highest BCUT2D eigenvalue weighted by Gasteiger charge is 2.20. The Bertz CT molecular complexity index is 1240. The molecule has 0 spiro atoms. The summed E-state index contributed by atoms with van der Waals surface area (Å²) in [4.78, 5) is 22.5. The Kier molecular flexibility index (Phi) is 9.64. The van der Waals surface area contributed by atoms with Crippen LogP contribution in [0.25, 0.3) is 22.4 Å². The highest BCUT2D eigenvalue weighted by molar-refractivity contribution is 8.76. The van der Waals surface area contributed by atoms with Crippen LogP contribution >= 0.6 is 21.6 Å². The Labute approximate surface area is 211 Å². The second-order valence-corrected chi connectivity index (χ2v) is 11.5. The van der Waals surface area contributed by atoms with E-state index < -0.39 is 16.1 Å². The lowest BCUT2D eigenvalue weighted by molar-refractivity contribution is -0.140. The maximum atomic E-state index is 12.5. The van der Waals surface area contributed by atoms with Gasteiger partial charge in [0.1, 0.15) is 24.7 Å². The van der Waals surface area contributed by atoms with Crippen molar-refractivity contribution in [2.24, 2.45) is 0 Å². The lowest BCUT2D eigenvalue weighted by Crippen LogP contribution is -2.31. The van der Waals surface area contributed by atoms with Crippen LogP contribution < -0.4 is 4.72 Å². The van der Waals surface area contributed by atoms with Crippen molar-refractivity contribution in [3.63, 3.8) is 0 Å². The smallest absolute Gasteiger partial charge is 0.421 e. The average Bonchev–Trinajstić information content (AvgIpc) is 3.22. The fraction of sp³-hybridized carbons (Fsp3) is 0.261. The van der Waals surface area contributed by atoms with E-state index in [1.165, 1.54) is 40.6 Å². The van der Waals surface area contributed by atoms with Gasteiger partial charge in [-0.25, -0.2) is 17.9 Å². The minimum absolute atomic E-state index is 0.0271. The summed E-state index contributed by atoms with van der Waals surface area (Å²) < 4.78 is 42.1. The fourth-order valence-electron chi connectivity index (χ4n) is 3.01. The van der Waals surface area contributed by atoms with Gasteiger partial charge < -0.3 is 14.0 Å². The molecule has 0 fully saturated rings. The van der Waals surface area contributed by atoms with Gasteiger partial charge in [-0.3, -0.25) is 4.79 Å². The van der Waals surface area contributed by atoms with Crippen LogP contribution in [0.1, 0.15) is 12.7 Å². The van der Waals surface area contributed by atoms with Crippen LogP contribution in [0.3, 0.4) is 0 Å². The molecule has 0 aliphatic carbocycles. The first-order valence-corrected chi connectivity index (χ1v) is 14.4. The molecule has 0 aliphatic heterocycles. The molecule has 1 heterocycles. The topological polar surface area (TPSA) is 125 Å². The van der Waals surface area contributed by atoms with Crippen LogP contribution in [0.4, 0.5) is 4.79 Å². The predicted octanol–water partition coefficient (Wildman–Crippen LogP) is 4.68. The summed E-state index contributed by atoms with van der Waals surface area (Å²) >= 11 is 0. The first-order valence-electron chi connectivity index (χ1n) is 10.5.